The van der Waals surface area contributed by atoms with Crippen molar-refractivity contribution in [3.63, 3.8) is 0 Å². The molecular formula is C27H29N9O3S. The van der Waals surface area contributed by atoms with Crippen molar-refractivity contribution in [2.24, 2.45) is 0 Å². The van der Waals surface area contributed by atoms with Crippen LogP contribution < -0.4 is 10.2 Å². The highest BCUT2D eigenvalue weighted by Crippen LogP contribution is 2.31. The third kappa shape index (κ3) is 5.54. The molecule has 0 spiro atoms. The van der Waals surface area contributed by atoms with Crippen molar-refractivity contribution in [1.82, 2.24) is 34.3 Å². The van der Waals surface area contributed by atoms with E-state index in [1.54, 1.807) is 24.7 Å². The molecule has 1 aliphatic heterocycles. The van der Waals surface area contributed by atoms with Crippen molar-refractivity contribution in [2.75, 3.05) is 23.3 Å². The van der Waals surface area contributed by atoms with Crippen LogP contribution in [0.25, 0.3) is 11.4 Å². The maximum Gasteiger partial charge on any atom is 0.256 e. The summed E-state index contributed by atoms with van der Waals surface area (Å²) in [5.74, 6) is 7.85. The SMILES string of the molecule is Cc1[nH]ncc1C#Cc1cnc(Nc2ccnc(-c3cnn(S(=O)(=O)C4CC4)c3)n2)cc1N1CCCC(O)CC1. The number of aromatic nitrogens is 7. The number of nitrogens with one attached hydrogen (secondary N) is 2. The molecule has 12 nitrogen and oxygen atoms in total. The highest BCUT2D eigenvalue weighted by Gasteiger charge is 2.37. The van der Waals surface area contributed by atoms with Crippen LogP contribution in [-0.4, -0.2) is 72.3 Å². The first kappa shape index (κ1) is 26.0. The normalized spacial score (nSPS) is 17.6. The Kier molecular flexibility index (Phi) is 6.95. The maximum absolute atomic E-state index is 12.5. The molecule has 40 heavy (non-hydrogen) atoms. The summed E-state index contributed by atoms with van der Waals surface area (Å²) in [6, 6.07) is 3.65. The van der Waals surface area contributed by atoms with Gasteiger partial charge in [-0.2, -0.15) is 14.3 Å². The van der Waals surface area contributed by atoms with Gasteiger partial charge in [-0.15, -0.1) is 0 Å². The number of anilines is 3. The lowest BCUT2D eigenvalue weighted by Crippen LogP contribution is -2.25. The molecule has 1 unspecified atom stereocenters. The van der Waals surface area contributed by atoms with E-state index in [1.807, 2.05) is 13.0 Å². The molecule has 1 atom stereocenters. The molecular weight excluding hydrogens is 530 g/mol. The Hall–Kier alpha value is -4.28. The summed E-state index contributed by atoms with van der Waals surface area (Å²) in [6.07, 6.45) is 11.3. The van der Waals surface area contributed by atoms with Gasteiger partial charge in [0.2, 0.25) is 0 Å². The molecule has 0 amide bonds. The van der Waals surface area contributed by atoms with Gasteiger partial charge in [-0.3, -0.25) is 5.10 Å². The molecule has 4 aromatic heterocycles. The number of hydrogen-bond donors (Lipinski definition) is 3. The van der Waals surface area contributed by atoms with Crippen molar-refractivity contribution in [2.45, 2.75) is 50.4 Å². The van der Waals surface area contributed by atoms with E-state index in [2.05, 4.69) is 52.3 Å². The highest BCUT2D eigenvalue weighted by molar-refractivity contribution is 7.90. The Bertz CT molecular complexity index is 1700. The van der Waals surface area contributed by atoms with E-state index in [4.69, 9.17) is 0 Å². The average Bonchev–Trinajstić information content (AvgIpc) is 3.62. The van der Waals surface area contributed by atoms with Gasteiger partial charge in [0.05, 0.1) is 52.3 Å². The van der Waals surface area contributed by atoms with Crippen LogP contribution in [0.5, 0.6) is 0 Å². The van der Waals surface area contributed by atoms with Gasteiger partial charge >= 0.3 is 0 Å². The van der Waals surface area contributed by atoms with E-state index in [1.165, 1.54) is 12.4 Å². The second-order valence-corrected chi connectivity index (χ2v) is 12.1. The van der Waals surface area contributed by atoms with Gasteiger partial charge in [-0.05, 0) is 45.1 Å². The zero-order valence-corrected chi connectivity index (χ0v) is 22.8. The monoisotopic (exact) mass is 559 g/mol. The largest absolute Gasteiger partial charge is 0.393 e. The molecule has 2 fully saturated rings. The van der Waals surface area contributed by atoms with Gasteiger partial charge in [0.15, 0.2) is 5.82 Å². The van der Waals surface area contributed by atoms with E-state index in [0.717, 1.165) is 46.0 Å². The van der Waals surface area contributed by atoms with Gasteiger partial charge in [0.1, 0.15) is 11.6 Å². The number of hydrogen-bond acceptors (Lipinski definition) is 10. The minimum Gasteiger partial charge on any atom is -0.393 e. The zero-order valence-electron chi connectivity index (χ0n) is 21.9. The van der Waals surface area contributed by atoms with Crippen LogP contribution in [0.15, 0.2) is 43.1 Å². The van der Waals surface area contributed by atoms with Crippen molar-refractivity contribution >= 4 is 27.3 Å². The summed E-state index contributed by atoms with van der Waals surface area (Å²) in [5.41, 5.74) is 3.91. The minimum atomic E-state index is -3.47. The Balaban J connectivity index is 1.28. The summed E-state index contributed by atoms with van der Waals surface area (Å²) < 4.78 is 26.0. The van der Waals surface area contributed by atoms with Crippen molar-refractivity contribution in [3.8, 4) is 23.2 Å². The zero-order chi connectivity index (χ0) is 27.7. The number of aryl methyl sites for hydroxylation is 1. The fraction of sp³-hybridized carbons (Fsp3) is 0.370. The predicted octanol–water partition coefficient (Wildman–Crippen LogP) is 2.60. The lowest BCUT2D eigenvalue weighted by molar-refractivity contribution is 0.161. The fourth-order valence-corrected chi connectivity index (χ4v) is 6.06. The summed E-state index contributed by atoms with van der Waals surface area (Å²) in [5, 5.41) is 24.0. The van der Waals surface area contributed by atoms with E-state index in [9.17, 15) is 13.5 Å². The molecule has 0 aromatic carbocycles. The molecule has 1 saturated heterocycles. The first-order valence-electron chi connectivity index (χ1n) is 13.2. The number of H-pyrrole nitrogens is 1. The summed E-state index contributed by atoms with van der Waals surface area (Å²) in [6.45, 7) is 3.42. The Morgan fingerprint density at radius 2 is 1.90 bits per heavy atom. The molecule has 2 aliphatic rings. The van der Waals surface area contributed by atoms with Crippen molar-refractivity contribution in [1.29, 1.82) is 0 Å². The van der Waals surface area contributed by atoms with E-state index in [-0.39, 0.29) is 11.4 Å². The van der Waals surface area contributed by atoms with Crippen LogP contribution in [0.2, 0.25) is 0 Å². The Labute approximate surface area is 231 Å². The second kappa shape index (κ2) is 10.7. The number of aromatic amines is 1. The van der Waals surface area contributed by atoms with Crippen LogP contribution in [0, 0.1) is 18.8 Å². The predicted molar refractivity (Wildman–Crippen MR) is 149 cm³/mol. The van der Waals surface area contributed by atoms with Crippen LogP contribution in [0.1, 0.15) is 48.9 Å². The highest BCUT2D eigenvalue weighted by atomic mass is 32.2. The fourth-order valence-electron chi connectivity index (χ4n) is 4.58. The Morgan fingerprint density at radius 3 is 2.70 bits per heavy atom. The molecule has 4 aromatic rings. The van der Waals surface area contributed by atoms with Gasteiger partial charge in [-0.1, -0.05) is 11.8 Å². The van der Waals surface area contributed by atoms with E-state index >= 15 is 0 Å². The molecule has 6 rings (SSSR count). The number of rotatable bonds is 6. The first-order valence-corrected chi connectivity index (χ1v) is 14.7. The number of aliphatic hydroxyl groups is 1. The van der Waals surface area contributed by atoms with Gasteiger partial charge < -0.3 is 15.3 Å². The number of pyridine rings is 1. The number of nitrogens with zero attached hydrogens (tertiary/aromatic N) is 7. The summed E-state index contributed by atoms with van der Waals surface area (Å²) in [4.78, 5) is 15.7. The molecule has 0 bridgehead atoms. The van der Waals surface area contributed by atoms with Gasteiger partial charge in [0, 0.05) is 37.2 Å². The lowest BCUT2D eigenvalue weighted by atomic mass is 10.1. The van der Waals surface area contributed by atoms with Crippen LogP contribution >= 0.6 is 0 Å². The summed E-state index contributed by atoms with van der Waals surface area (Å²) >= 11 is 0. The quantitative estimate of drug-likeness (QED) is 0.300. The molecule has 1 saturated carbocycles. The van der Waals surface area contributed by atoms with Crippen molar-refractivity contribution < 1.29 is 13.5 Å². The third-order valence-corrected chi connectivity index (χ3v) is 9.05. The molecule has 206 valence electrons. The molecule has 3 N–H and O–H groups in total. The molecule has 1 aliphatic carbocycles. The smallest absolute Gasteiger partial charge is 0.256 e. The average molecular weight is 560 g/mol. The minimum absolute atomic E-state index is 0.310. The standard InChI is InChI=1S/C27H29N9O3S/c1-18-19(15-30-34-18)4-5-20-14-29-26(13-24(20)35-11-2-3-22(37)9-12-35)32-25-8-10-28-27(33-25)21-16-31-36(17-21)40(38,39)23-6-7-23/h8,10,13-17,22-23,37H,2-3,6-7,9,11-12H2,1H3,(H,30,34)(H,28,29,32,33). The molecule has 13 heteroatoms. The van der Waals surface area contributed by atoms with Crippen molar-refractivity contribution in [3.05, 3.63) is 59.9 Å². The van der Waals surface area contributed by atoms with Crippen LogP contribution in [-0.2, 0) is 10.0 Å². The van der Waals surface area contributed by atoms with E-state index < -0.39 is 10.0 Å². The maximum atomic E-state index is 12.5. The van der Waals surface area contributed by atoms with E-state index in [0.29, 0.717) is 48.8 Å². The van der Waals surface area contributed by atoms with Crippen LogP contribution in [0.3, 0.4) is 0 Å². The second-order valence-electron chi connectivity index (χ2n) is 10.1. The van der Waals surface area contributed by atoms with Gasteiger partial charge in [-0.25, -0.2) is 23.4 Å². The first-order chi connectivity index (χ1) is 19.4. The number of aliphatic hydroxyl groups excluding tert-OH is 1. The molecule has 5 heterocycles. The van der Waals surface area contributed by atoms with Crippen LogP contribution in [0.4, 0.5) is 17.3 Å². The third-order valence-electron chi connectivity index (χ3n) is 7.02. The topological polar surface area (TPSA) is 155 Å². The van der Waals surface area contributed by atoms with Gasteiger partial charge in [0.25, 0.3) is 10.0 Å². The Morgan fingerprint density at radius 1 is 1.05 bits per heavy atom. The summed E-state index contributed by atoms with van der Waals surface area (Å²) in [7, 11) is -3.47. The lowest BCUT2D eigenvalue weighted by Gasteiger charge is -2.24. The molecule has 0 radical (unpaired) electrons.